The summed E-state index contributed by atoms with van der Waals surface area (Å²) in [5.41, 5.74) is -5.17. The van der Waals surface area contributed by atoms with Crippen LogP contribution in [0.4, 0.5) is 13.2 Å². The average Bonchev–Trinajstić information content (AvgIpc) is 2.75. The first kappa shape index (κ1) is 15.6. The highest BCUT2D eigenvalue weighted by Gasteiger charge is 2.49. The van der Waals surface area contributed by atoms with E-state index >= 15 is 0 Å². The Kier molecular flexibility index (Phi) is 3.64. The van der Waals surface area contributed by atoms with E-state index in [0.29, 0.717) is 17.7 Å². The molecule has 2 aliphatic rings. The molecule has 1 saturated carbocycles. The lowest BCUT2D eigenvalue weighted by molar-refractivity contribution is -0.0437. The molecule has 1 aromatic rings. The van der Waals surface area contributed by atoms with Gasteiger partial charge in [-0.2, -0.15) is 13.2 Å². The van der Waals surface area contributed by atoms with Gasteiger partial charge in [0.05, 0.1) is 17.1 Å². The Labute approximate surface area is 125 Å². The fourth-order valence-electron chi connectivity index (χ4n) is 2.81. The van der Waals surface area contributed by atoms with Gasteiger partial charge in [0.25, 0.3) is 9.84 Å². The number of ether oxygens (including phenoxy) is 1. The third-order valence-corrected chi connectivity index (χ3v) is 5.76. The Morgan fingerprint density at radius 1 is 1.18 bits per heavy atom. The molecule has 122 valence electrons. The fraction of sp³-hybridized carbons (Fsp3) is 0.571. The smallest absolute Gasteiger partial charge is 0.490 e. The molecule has 1 N–H and O–H groups in total. The van der Waals surface area contributed by atoms with Crippen molar-refractivity contribution in [2.45, 2.75) is 54.7 Å². The molecule has 0 spiro atoms. The molecule has 0 heterocycles. The molecule has 22 heavy (non-hydrogen) atoms. The van der Waals surface area contributed by atoms with Crippen LogP contribution < -0.4 is 4.74 Å². The molecule has 1 fully saturated rings. The van der Waals surface area contributed by atoms with E-state index < -0.39 is 26.3 Å². The summed E-state index contributed by atoms with van der Waals surface area (Å²) in [6.45, 7) is 0. The van der Waals surface area contributed by atoms with Gasteiger partial charge in [-0.25, -0.2) is 8.42 Å². The van der Waals surface area contributed by atoms with Gasteiger partial charge >= 0.3 is 5.51 Å². The van der Waals surface area contributed by atoms with E-state index in [1.165, 1.54) is 6.07 Å². The second kappa shape index (κ2) is 5.13. The molecular weight excluding hydrogens is 321 g/mol. The SMILES string of the molecule is O=S(=O)(c1ccc(OC2CCC2)c2c1C(O)CC2)C(F)(F)F. The largest absolute Gasteiger partial charge is 0.501 e. The van der Waals surface area contributed by atoms with Crippen molar-refractivity contribution in [1.82, 2.24) is 0 Å². The summed E-state index contributed by atoms with van der Waals surface area (Å²) in [6, 6.07) is 2.16. The number of hydrogen-bond donors (Lipinski definition) is 1. The van der Waals surface area contributed by atoms with Crippen LogP contribution in [0, 0.1) is 0 Å². The van der Waals surface area contributed by atoms with Gasteiger partial charge in [-0.1, -0.05) is 0 Å². The van der Waals surface area contributed by atoms with Crippen LogP contribution >= 0.6 is 0 Å². The second-order valence-corrected chi connectivity index (χ2v) is 7.54. The minimum Gasteiger partial charge on any atom is -0.490 e. The van der Waals surface area contributed by atoms with Crippen molar-refractivity contribution in [2.24, 2.45) is 0 Å². The highest BCUT2D eigenvalue weighted by atomic mass is 32.2. The quantitative estimate of drug-likeness (QED) is 0.922. The van der Waals surface area contributed by atoms with Crippen molar-refractivity contribution in [3.63, 3.8) is 0 Å². The van der Waals surface area contributed by atoms with E-state index in [2.05, 4.69) is 0 Å². The van der Waals surface area contributed by atoms with E-state index in [0.717, 1.165) is 25.3 Å². The van der Waals surface area contributed by atoms with E-state index in [-0.39, 0.29) is 18.1 Å². The van der Waals surface area contributed by atoms with Gasteiger partial charge in [0, 0.05) is 11.1 Å². The lowest BCUT2D eigenvalue weighted by Crippen LogP contribution is -2.26. The molecule has 4 nitrogen and oxygen atoms in total. The first-order chi connectivity index (χ1) is 10.2. The number of aliphatic hydroxyl groups excluding tert-OH is 1. The van der Waals surface area contributed by atoms with E-state index in [9.17, 15) is 26.7 Å². The molecule has 1 aromatic carbocycles. The fourth-order valence-corrected chi connectivity index (χ4v) is 3.85. The van der Waals surface area contributed by atoms with E-state index in [4.69, 9.17) is 4.74 Å². The lowest BCUT2D eigenvalue weighted by Gasteiger charge is -2.28. The van der Waals surface area contributed by atoms with Crippen LogP contribution in [0.25, 0.3) is 0 Å². The predicted molar refractivity (Wildman–Crippen MR) is 71.2 cm³/mol. The molecule has 0 aliphatic heterocycles. The third kappa shape index (κ3) is 2.38. The van der Waals surface area contributed by atoms with Crippen molar-refractivity contribution in [3.8, 4) is 5.75 Å². The maximum Gasteiger partial charge on any atom is 0.501 e. The first-order valence-corrected chi connectivity index (χ1v) is 8.52. The normalized spacial score (nSPS) is 22.3. The summed E-state index contributed by atoms with van der Waals surface area (Å²) in [7, 11) is -5.49. The van der Waals surface area contributed by atoms with Crippen molar-refractivity contribution >= 4 is 9.84 Å². The van der Waals surface area contributed by atoms with Crippen molar-refractivity contribution in [2.75, 3.05) is 0 Å². The number of alkyl halides is 3. The summed E-state index contributed by atoms with van der Waals surface area (Å²) >= 11 is 0. The molecule has 0 aromatic heterocycles. The number of sulfone groups is 1. The number of halogens is 3. The van der Waals surface area contributed by atoms with Crippen LogP contribution in [-0.2, 0) is 16.3 Å². The van der Waals surface area contributed by atoms with Gasteiger partial charge in [0.15, 0.2) is 0 Å². The molecule has 8 heteroatoms. The molecule has 1 atom stereocenters. The molecule has 3 rings (SSSR count). The summed E-state index contributed by atoms with van der Waals surface area (Å²) in [5.74, 6) is 0.386. The molecular formula is C14H15F3O4S. The van der Waals surface area contributed by atoms with Crippen LogP contribution in [0.2, 0.25) is 0 Å². The van der Waals surface area contributed by atoms with Crippen molar-refractivity contribution in [3.05, 3.63) is 23.3 Å². The number of benzene rings is 1. The molecule has 0 amide bonds. The zero-order valence-corrected chi connectivity index (χ0v) is 12.4. The Morgan fingerprint density at radius 3 is 2.41 bits per heavy atom. The van der Waals surface area contributed by atoms with Gasteiger partial charge < -0.3 is 9.84 Å². The van der Waals surface area contributed by atoms with Crippen LogP contribution in [0.3, 0.4) is 0 Å². The summed E-state index contributed by atoms with van der Waals surface area (Å²) in [4.78, 5) is -0.860. The van der Waals surface area contributed by atoms with Gasteiger partial charge in [0.1, 0.15) is 5.75 Å². The Balaban J connectivity index is 2.08. The Hall–Kier alpha value is -1.28. The summed E-state index contributed by atoms with van der Waals surface area (Å²) in [5, 5.41) is 9.93. The second-order valence-electron chi connectivity index (χ2n) is 5.63. The van der Waals surface area contributed by atoms with Crippen molar-refractivity contribution < 1.29 is 31.4 Å². The molecule has 1 unspecified atom stereocenters. The average molecular weight is 336 g/mol. The minimum absolute atomic E-state index is 0.0203. The Morgan fingerprint density at radius 2 is 1.86 bits per heavy atom. The number of hydrogen-bond acceptors (Lipinski definition) is 4. The monoisotopic (exact) mass is 336 g/mol. The topological polar surface area (TPSA) is 63.6 Å². The standard InChI is InChI=1S/C14H15F3O4S/c15-14(16,17)22(19,20)12-7-6-11(21-8-2-1-3-8)9-4-5-10(18)13(9)12/h6-8,10,18H,1-5H2. The van der Waals surface area contributed by atoms with Crippen LogP contribution in [0.5, 0.6) is 5.75 Å². The maximum atomic E-state index is 12.8. The summed E-state index contributed by atoms with van der Waals surface area (Å²) in [6.07, 6.45) is 2.09. The van der Waals surface area contributed by atoms with Gasteiger partial charge in [-0.15, -0.1) is 0 Å². The number of rotatable bonds is 3. The molecule has 0 bridgehead atoms. The van der Waals surface area contributed by atoms with E-state index in [1.54, 1.807) is 0 Å². The highest BCUT2D eigenvalue weighted by molar-refractivity contribution is 7.92. The highest BCUT2D eigenvalue weighted by Crippen LogP contribution is 2.44. The predicted octanol–water partition coefficient (Wildman–Crippen LogP) is 2.89. The van der Waals surface area contributed by atoms with Gasteiger partial charge in [0.2, 0.25) is 0 Å². The minimum atomic E-state index is -5.49. The van der Waals surface area contributed by atoms with Crippen LogP contribution in [-0.4, -0.2) is 25.1 Å². The number of aliphatic hydroxyl groups is 1. The van der Waals surface area contributed by atoms with Crippen molar-refractivity contribution in [1.29, 1.82) is 0 Å². The summed E-state index contributed by atoms with van der Waals surface area (Å²) < 4.78 is 67.4. The lowest BCUT2D eigenvalue weighted by atomic mass is 9.96. The Bertz CT molecular complexity index is 693. The number of fused-ring (bicyclic) bond motifs is 1. The van der Waals surface area contributed by atoms with Crippen LogP contribution in [0.1, 0.15) is 42.9 Å². The molecule has 0 radical (unpaired) electrons. The van der Waals surface area contributed by atoms with Gasteiger partial charge in [-0.05, 0) is 44.2 Å². The molecule has 0 saturated heterocycles. The third-order valence-electron chi connectivity index (χ3n) is 4.22. The van der Waals surface area contributed by atoms with Gasteiger partial charge in [-0.3, -0.25) is 0 Å². The van der Waals surface area contributed by atoms with E-state index in [1.807, 2.05) is 0 Å². The van der Waals surface area contributed by atoms with Crippen LogP contribution in [0.15, 0.2) is 17.0 Å². The molecule has 2 aliphatic carbocycles. The first-order valence-electron chi connectivity index (χ1n) is 7.03. The maximum absolute atomic E-state index is 12.8. The zero-order valence-electron chi connectivity index (χ0n) is 11.6. The zero-order chi connectivity index (χ0) is 16.1.